The molecule has 2 rings (SSSR count). The van der Waals surface area contributed by atoms with Crippen LogP contribution in [0.25, 0.3) is 0 Å². The van der Waals surface area contributed by atoms with Gasteiger partial charge in [0.2, 0.25) is 0 Å². The van der Waals surface area contributed by atoms with Crippen LogP contribution in [0.2, 0.25) is 0 Å². The molecule has 0 bridgehead atoms. The Labute approximate surface area is 94.0 Å². The van der Waals surface area contributed by atoms with Crippen LogP contribution in [0.3, 0.4) is 0 Å². The third-order valence-electron chi connectivity index (χ3n) is 2.75. The first-order chi connectivity index (χ1) is 7.39. The van der Waals surface area contributed by atoms with Crippen LogP contribution >= 0.6 is 0 Å². The summed E-state index contributed by atoms with van der Waals surface area (Å²) in [6.07, 6.45) is 0.684. The topological polar surface area (TPSA) is 72.6 Å². The van der Waals surface area contributed by atoms with Gasteiger partial charge in [-0.1, -0.05) is 0 Å². The lowest BCUT2D eigenvalue weighted by molar-refractivity contribution is 0.0690. The molecule has 0 aromatic heterocycles. The van der Waals surface area contributed by atoms with Gasteiger partial charge in [0.15, 0.2) is 0 Å². The van der Waals surface area contributed by atoms with Crippen LogP contribution < -0.4 is 10.5 Å². The molecule has 0 saturated carbocycles. The minimum atomic E-state index is -0.945. The van der Waals surface area contributed by atoms with Crippen molar-refractivity contribution in [2.75, 3.05) is 0 Å². The molecule has 1 atom stereocenters. The van der Waals surface area contributed by atoms with E-state index in [4.69, 9.17) is 15.6 Å². The summed E-state index contributed by atoms with van der Waals surface area (Å²) in [7, 11) is 0. The fourth-order valence-electron chi connectivity index (χ4n) is 2.04. The van der Waals surface area contributed by atoms with Gasteiger partial charge in [0, 0.05) is 18.0 Å². The minimum absolute atomic E-state index is 0.168. The van der Waals surface area contributed by atoms with E-state index in [1.165, 1.54) is 6.07 Å². The fourth-order valence-corrected chi connectivity index (χ4v) is 2.04. The van der Waals surface area contributed by atoms with Gasteiger partial charge in [0.05, 0.1) is 5.56 Å². The second-order valence-electron chi connectivity index (χ2n) is 4.73. The van der Waals surface area contributed by atoms with E-state index in [2.05, 4.69) is 0 Å². The van der Waals surface area contributed by atoms with Gasteiger partial charge in [-0.05, 0) is 32.0 Å². The van der Waals surface area contributed by atoms with Crippen molar-refractivity contribution in [1.82, 2.24) is 0 Å². The lowest BCUT2D eigenvalue weighted by Gasteiger charge is -2.36. The van der Waals surface area contributed by atoms with Crippen molar-refractivity contribution in [2.24, 2.45) is 5.73 Å². The lowest BCUT2D eigenvalue weighted by Crippen LogP contribution is -2.37. The predicted octanol–water partition coefficient (Wildman–Crippen LogP) is 1.95. The number of carboxylic acid groups (broad SMARTS) is 1. The van der Waals surface area contributed by atoms with E-state index < -0.39 is 5.97 Å². The lowest BCUT2D eigenvalue weighted by atomic mass is 9.89. The van der Waals surface area contributed by atoms with Gasteiger partial charge in [-0.3, -0.25) is 0 Å². The second-order valence-corrected chi connectivity index (χ2v) is 4.73. The molecule has 0 amide bonds. The number of nitrogens with two attached hydrogens (primary N) is 1. The molecule has 4 heteroatoms. The smallest absolute Gasteiger partial charge is 0.335 e. The van der Waals surface area contributed by atoms with Crippen molar-refractivity contribution in [2.45, 2.75) is 31.9 Å². The summed E-state index contributed by atoms with van der Waals surface area (Å²) in [5, 5.41) is 8.89. The van der Waals surface area contributed by atoms with Crippen molar-refractivity contribution in [3.05, 3.63) is 29.3 Å². The Morgan fingerprint density at radius 2 is 2.25 bits per heavy atom. The van der Waals surface area contributed by atoms with Crippen molar-refractivity contribution in [3.63, 3.8) is 0 Å². The summed E-state index contributed by atoms with van der Waals surface area (Å²) < 4.78 is 5.75. The van der Waals surface area contributed by atoms with E-state index in [1.54, 1.807) is 12.1 Å². The first-order valence-electron chi connectivity index (χ1n) is 5.21. The highest BCUT2D eigenvalue weighted by atomic mass is 16.5. The zero-order chi connectivity index (χ0) is 11.9. The third-order valence-corrected chi connectivity index (χ3v) is 2.75. The highest BCUT2D eigenvalue weighted by Crippen LogP contribution is 2.38. The molecular formula is C12H15NO3. The molecule has 1 aromatic carbocycles. The number of fused-ring (bicyclic) bond motifs is 1. The average molecular weight is 221 g/mol. The highest BCUT2D eigenvalue weighted by molar-refractivity contribution is 5.88. The van der Waals surface area contributed by atoms with E-state index in [1.807, 2.05) is 13.8 Å². The monoisotopic (exact) mass is 221 g/mol. The maximum Gasteiger partial charge on any atom is 0.335 e. The molecule has 0 aliphatic carbocycles. The summed E-state index contributed by atoms with van der Waals surface area (Å²) in [4.78, 5) is 10.8. The minimum Gasteiger partial charge on any atom is -0.487 e. The fraction of sp³-hybridized carbons (Fsp3) is 0.417. The molecule has 1 unspecified atom stereocenters. The Kier molecular flexibility index (Phi) is 2.39. The van der Waals surface area contributed by atoms with E-state index in [0.717, 1.165) is 5.56 Å². The Hall–Kier alpha value is -1.55. The standard InChI is InChI=1S/C12H15NO3/c1-12(2)6-9(13)8-5-7(11(14)15)3-4-10(8)16-12/h3-5,9H,6,13H2,1-2H3,(H,14,15). The van der Waals surface area contributed by atoms with Gasteiger partial charge >= 0.3 is 5.97 Å². The predicted molar refractivity (Wildman–Crippen MR) is 59.7 cm³/mol. The van der Waals surface area contributed by atoms with Gasteiger partial charge in [0.25, 0.3) is 0 Å². The molecule has 1 aromatic rings. The third kappa shape index (κ3) is 1.88. The van der Waals surface area contributed by atoms with E-state index >= 15 is 0 Å². The molecule has 1 heterocycles. The van der Waals surface area contributed by atoms with E-state index in [0.29, 0.717) is 12.2 Å². The number of hydrogen-bond acceptors (Lipinski definition) is 3. The summed E-state index contributed by atoms with van der Waals surface area (Å²) in [6, 6.07) is 4.64. The van der Waals surface area contributed by atoms with Crippen molar-refractivity contribution in [1.29, 1.82) is 0 Å². The number of rotatable bonds is 1. The molecule has 86 valence electrons. The zero-order valence-electron chi connectivity index (χ0n) is 9.36. The summed E-state index contributed by atoms with van der Waals surface area (Å²) in [5.41, 5.74) is 6.75. The molecular weight excluding hydrogens is 206 g/mol. The molecule has 0 fully saturated rings. The molecule has 4 nitrogen and oxygen atoms in total. The van der Waals surface area contributed by atoms with Gasteiger partial charge in [-0.15, -0.1) is 0 Å². The van der Waals surface area contributed by atoms with E-state index in [-0.39, 0.29) is 17.2 Å². The summed E-state index contributed by atoms with van der Waals surface area (Å²) in [5.74, 6) is -0.256. The van der Waals surface area contributed by atoms with Crippen molar-refractivity contribution < 1.29 is 14.6 Å². The molecule has 0 saturated heterocycles. The maximum absolute atomic E-state index is 10.8. The Balaban J connectivity index is 2.45. The number of hydrogen-bond donors (Lipinski definition) is 2. The molecule has 1 aliphatic rings. The summed E-state index contributed by atoms with van der Waals surface area (Å²) in [6.45, 7) is 3.95. The number of carboxylic acids is 1. The van der Waals surface area contributed by atoms with Crippen LogP contribution in [0.1, 0.15) is 42.2 Å². The molecule has 16 heavy (non-hydrogen) atoms. The Morgan fingerprint density at radius 3 is 2.88 bits per heavy atom. The molecule has 0 spiro atoms. The van der Waals surface area contributed by atoms with Crippen LogP contribution in [0, 0.1) is 0 Å². The maximum atomic E-state index is 10.8. The van der Waals surface area contributed by atoms with Crippen LogP contribution in [-0.2, 0) is 0 Å². The largest absolute Gasteiger partial charge is 0.487 e. The van der Waals surface area contributed by atoms with Gasteiger partial charge in [0.1, 0.15) is 11.4 Å². The summed E-state index contributed by atoms with van der Waals surface area (Å²) >= 11 is 0. The highest BCUT2D eigenvalue weighted by Gasteiger charge is 2.32. The SMILES string of the molecule is CC1(C)CC(N)c2cc(C(=O)O)ccc2O1. The zero-order valence-corrected chi connectivity index (χ0v) is 9.36. The molecule has 0 radical (unpaired) electrons. The van der Waals surface area contributed by atoms with Gasteiger partial charge in [-0.2, -0.15) is 0 Å². The quantitative estimate of drug-likeness (QED) is 0.760. The van der Waals surface area contributed by atoms with Gasteiger partial charge in [-0.25, -0.2) is 4.79 Å². The van der Waals surface area contributed by atoms with E-state index in [9.17, 15) is 4.79 Å². The average Bonchev–Trinajstić information content (AvgIpc) is 2.15. The number of ether oxygens (including phenoxy) is 1. The second kappa shape index (κ2) is 3.49. The molecule has 3 N–H and O–H groups in total. The normalized spacial score (nSPS) is 22.1. The van der Waals surface area contributed by atoms with Crippen molar-refractivity contribution >= 4 is 5.97 Å². The van der Waals surface area contributed by atoms with Gasteiger partial charge < -0.3 is 15.6 Å². The first-order valence-corrected chi connectivity index (χ1v) is 5.21. The van der Waals surface area contributed by atoms with Crippen LogP contribution in [0.4, 0.5) is 0 Å². The number of carbonyl (C=O) groups is 1. The first kappa shape index (κ1) is 11.0. The Morgan fingerprint density at radius 1 is 1.56 bits per heavy atom. The Bertz CT molecular complexity index is 440. The van der Waals surface area contributed by atoms with Crippen LogP contribution in [0.15, 0.2) is 18.2 Å². The number of aromatic carboxylic acids is 1. The van der Waals surface area contributed by atoms with Crippen molar-refractivity contribution in [3.8, 4) is 5.75 Å². The molecule has 1 aliphatic heterocycles. The number of benzene rings is 1. The van der Waals surface area contributed by atoms with Crippen LogP contribution in [-0.4, -0.2) is 16.7 Å². The van der Waals surface area contributed by atoms with Crippen LogP contribution in [0.5, 0.6) is 5.75 Å².